The standard InChI is InChI=1S/C12H11ClN4O3/c1-20-12(19)17-10-9(14-6-15-10)11(18)16-8-4-2-7(13)3-5-8/h2-6H,1H3,(H,14,15)(H,16,18)(H,17,19). The van der Waals surface area contributed by atoms with E-state index in [0.717, 1.165) is 0 Å². The zero-order chi connectivity index (χ0) is 14.5. The van der Waals surface area contributed by atoms with Crippen LogP contribution < -0.4 is 10.6 Å². The van der Waals surface area contributed by atoms with E-state index < -0.39 is 12.0 Å². The summed E-state index contributed by atoms with van der Waals surface area (Å²) in [5, 5.41) is 5.54. The predicted molar refractivity (Wildman–Crippen MR) is 74.0 cm³/mol. The second-order valence-corrected chi connectivity index (χ2v) is 4.14. The molecule has 0 saturated heterocycles. The Kier molecular flexibility index (Phi) is 4.21. The number of amides is 2. The topological polar surface area (TPSA) is 96.1 Å². The molecule has 0 fully saturated rings. The van der Waals surface area contributed by atoms with Gasteiger partial charge >= 0.3 is 6.09 Å². The van der Waals surface area contributed by atoms with E-state index in [9.17, 15) is 9.59 Å². The molecule has 0 spiro atoms. The highest BCUT2D eigenvalue weighted by Gasteiger charge is 2.16. The summed E-state index contributed by atoms with van der Waals surface area (Å²) in [7, 11) is 1.22. The number of hydrogen-bond donors (Lipinski definition) is 3. The van der Waals surface area contributed by atoms with Crippen LogP contribution >= 0.6 is 11.6 Å². The fraction of sp³-hybridized carbons (Fsp3) is 0.0833. The minimum Gasteiger partial charge on any atom is -0.453 e. The molecule has 0 radical (unpaired) electrons. The number of carbonyl (C=O) groups excluding carboxylic acids is 2. The maximum absolute atomic E-state index is 12.0. The number of rotatable bonds is 3. The molecule has 3 N–H and O–H groups in total. The summed E-state index contributed by atoms with van der Waals surface area (Å²) in [5.41, 5.74) is 0.684. The number of methoxy groups -OCH3 is 1. The number of nitrogens with one attached hydrogen (secondary N) is 3. The van der Waals surface area contributed by atoms with Crippen molar-refractivity contribution in [2.75, 3.05) is 17.7 Å². The highest BCUT2D eigenvalue weighted by atomic mass is 35.5. The largest absolute Gasteiger partial charge is 0.453 e. The fourth-order valence-electron chi connectivity index (χ4n) is 1.44. The van der Waals surface area contributed by atoms with Crippen LogP contribution in [0.1, 0.15) is 10.5 Å². The normalized spacial score (nSPS) is 9.90. The van der Waals surface area contributed by atoms with Gasteiger partial charge in [0, 0.05) is 10.7 Å². The third-order valence-corrected chi connectivity index (χ3v) is 2.63. The molecule has 0 unspecified atom stereocenters. The number of benzene rings is 1. The Bertz CT molecular complexity index is 624. The van der Waals surface area contributed by atoms with E-state index >= 15 is 0 Å². The molecule has 0 aliphatic heterocycles. The number of aromatic nitrogens is 2. The van der Waals surface area contributed by atoms with Crippen molar-refractivity contribution >= 4 is 35.1 Å². The van der Waals surface area contributed by atoms with Gasteiger partial charge in [0.2, 0.25) is 0 Å². The second-order valence-electron chi connectivity index (χ2n) is 3.70. The van der Waals surface area contributed by atoms with Gasteiger partial charge in [-0.1, -0.05) is 11.6 Å². The zero-order valence-corrected chi connectivity index (χ0v) is 11.2. The van der Waals surface area contributed by atoms with Crippen molar-refractivity contribution in [2.24, 2.45) is 0 Å². The number of aromatic amines is 1. The van der Waals surface area contributed by atoms with E-state index in [-0.39, 0.29) is 11.5 Å². The van der Waals surface area contributed by atoms with E-state index in [1.165, 1.54) is 13.4 Å². The van der Waals surface area contributed by atoms with Gasteiger partial charge in [0.25, 0.3) is 5.91 Å². The first-order chi connectivity index (χ1) is 9.60. The van der Waals surface area contributed by atoms with Gasteiger partial charge in [-0.05, 0) is 24.3 Å². The number of H-pyrrole nitrogens is 1. The molecule has 1 aromatic carbocycles. The predicted octanol–water partition coefficient (Wildman–Crippen LogP) is 2.49. The molecule has 0 bridgehead atoms. The number of imidazole rings is 1. The highest BCUT2D eigenvalue weighted by Crippen LogP contribution is 2.16. The first-order valence-corrected chi connectivity index (χ1v) is 5.93. The smallest absolute Gasteiger partial charge is 0.412 e. The quantitative estimate of drug-likeness (QED) is 0.810. The molecule has 104 valence electrons. The van der Waals surface area contributed by atoms with Gasteiger partial charge in [0.1, 0.15) is 5.69 Å². The molecule has 8 heteroatoms. The second kappa shape index (κ2) is 6.07. The van der Waals surface area contributed by atoms with Crippen LogP contribution in [0.3, 0.4) is 0 Å². The summed E-state index contributed by atoms with van der Waals surface area (Å²) < 4.78 is 4.44. The van der Waals surface area contributed by atoms with Gasteiger partial charge in [-0.15, -0.1) is 0 Å². The minimum atomic E-state index is -0.711. The lowest BCUT2D eigenvalue weighted by Gasteiger charge is -2.06. The van der Waals surface area contributed by atoms with Crippen molar-refractivity contribution in [2.45, 2.75) is 0 Å². The van der Waals surface area contributed by atoms with Crippen molar-refractivity contribution in [1.29, 1.82) is 0 Å². The first kappa shape index (κ1) is 13.9. The van der Waals surface area contributed by atoms with Crippen LogP contribution in [0.25, 0.3) is 0 Å². The highest BCUT2D eigenvalue weighted by molar-refractivity contribution is 6.30. The van der Waals surface area contributed by atoms with Crippen LogP contribution in [0.5, 0.6) is 0 Å². The Labute approximate surface area is 119 Å². The Morgan fingerprint density at radius 1 is 1.25 bits per heavy atom. The van der Waals surface area contributed by atoms with Crippen molar-refractivity contribution in [3.05, 3.63) is 41.3 Å². The van der Waals surface area contributed by atoms with Gasteiger partial charge in [0.05, 0.1) is 13.4 Å². The van der Waals surface area contributed by atoms with E-state index in [1.54, 1.807) is 24.3 Å². The summed E-state index contributed by atoms with van der Waals surface area (Å²) in [5.74, 6) is -0.362. The van der Waals surface area contributed by atoms with Gasteiger partial charge in [0.15, 0.2) is 5.82 Å². The van der Waals surface area contributed by atoms with Gasteiger partial charge in [-0.25, -0.2) is 9.78 Å². The molecule has 0 atom stereocenters. The number of carbonyl (C=O) groups is 2. The molecule has 20 heavy (non-hydrogen) atoms. The minimum absolute atomic E-state index is 0.0864. The maximum Gasteiger partial charge on any atom is 0.412 e. The number of nitrogens with zero attached hydrogens (tertiary/aromatic N) is 1. The van der Waals surface area contributed by atoms with Crippen LogP contribution in [0.15, 0.2) is 30.6 Å². The van der Waals surface area contributed by atoms with Crippen LogP contribution in [0, 0.1) is 0 Å². The van der Waals surface area contributed by atoms with E-state index in [0.29, 0.717) is 10.7 Å². The first-order valence-electron chi connectivity index (χ1n) is 5.55. The van der Waals surface area contributed by atoms with Crippen molar-refractivity contribution in [3.63, 3.8) is 0 Å². The third kappa shape index (κ3) is 3.27. The molecule has 1 aromatic heterocycles. The summed E-state index contributed by atoms with van der Waals surface area (Å²) in [4.78, 5) is 29.6. The zero-order valence-electron chi connectivity index (χ0n) is 10.4. The summed E-state index contributed by atoms with van der Waals surface area (Å²) in [6.07, 6.45) is 0.583. The average Bonchev–Trinajstić information content (AvgIpc) is 2.89. The lowest BCUT2D eigenvalue weighted by atomic mass is 10.3. The SMILES string of the molecule is COC(=O)Nc1nc[nH]c1C(=O)Nc1ccc(Cl)cc1. The molecule has 7 nitrogen and oxygen atoms in total. The molecule has 0 aliphatic rings. The molecule has 1 heterocycles. The Morgan fingerprint density at radius 3 is 2.60 bits per heavy atom. The summed E-state index contributed by atoms with van der Waals surface area (Å²) in [6.45, 7) is 0. The molecule has 2 rings (SSSR count). The molecular formula is C12H11ClN4O3. The lowest BCUT2D eigenvalue weighted by Crippen LogP contribution is -2.18. The molecule has 0 saturated carbocycles. The summed E-state index contributed by atoms with van der Waals surface area (Å²) >= 11 is 5.76. The molecule has 2 amide bonds. The van der Waals surface area contributed by atoms with Gasteiger partial charge in [-0.2, -0.15) is 0 Å². The Balaban J connectivity index is 2.11. The Hall–Kier alpha value is -2.54. The fourth-order valence-corrected chi connectivity index (χ4v) is 1.56. The average molecular weight is 295 g/mol. The van der Waals surface area contributed by atoms with Crippen LogP contribution in [-0.4, -0.2) is 29.1 Å². The molecular weight excluding hydrogens is 284 g/mol. The Morgan fingerprint density at radius 2 is 1.95 bits per heavy atom. The van der Waals surface area contributed by atoms with Crippen LogP contribution in [0.4, 0.5) is 16.3 Å². The molecule has 0 aliphatic carbocycles. The summed E-state index contributed by atoms with van der Waals surface area (Å²) in [6, 6.07) is 6.61. The monoisotopic (exact) mass is 294 g/mol. The number of anilines is 2. The number of ether oxygens (including phenoxy) is 1. The molecule has 2 aromatic rings. The lowest BCUT2D eigenvalue weighted by molar-refractivity contribution is 0.102. The van der Waals surface area contributed by atoms with Gasteiger partial charge in [-0.3, -0.25) is 10.1 Å². The van der Waals surface area contributed by atoms with Gasteiger partial charge < -0.3 is 15.0 Å². The van der Waals surface area contributed by atoms with E-state index in [2.05, 4.69) is 25.3 Å². The number of halogens is 1. The van der Waals surface area contributed by atoms with E-state index in [1.807, 2.05) is 0 Å². The van der Waals surface area contributed by atoms with Crippen LogP contribution in [-0.2, 0) is 4.74 Å². The van der Waals surface area contributed by atoms with Crippen molar-refractivity contribution in [3.8, 4) is 0 Å². The third-order valence-electron chi connectivity index (χ3n) is 2.37. The van der Waals surface area contributed by atoms with Crippen molar-refractivity contribution < 1.29 is 14.3 Å². The van der Waals surface area contributed by atoms with E-state index in [4.69, 9.17) is 11.6 Å². The number of hydrogen-bond acceptors (Lipinski definition) is 4. The van der Waals surface area contributed by atoms with Crippen LogP contribution in [0.2, 0.25) is 5.02 Å². The maximum atomic E-state index is 12.0. The van der Waals surface area contributed by atoms with Crippen molar-refractivity contribution in [1.82, 2.24) is 9.97 Å².